The van der Waals surface area contributed by atoms with Crippen LogP contribution in [0.25, 0.3) is 22.4 Å². The zero-order valence-electron chi connectivity index (χ0n) is 14.6. The smallest absolute Gasteiger partial charge is 0.343 e. The van der Waals surface area contributed by atoms with Crippen molar-refractivity contribution in [3.8, 4) is 11.4 Å². The van der Waals surface area contributed by atoms with E-state index in [9.17, 15) is 9.59 Å². The first-order chi connectivity index (χ1) is 13.1. The van der Waals surface area contributed by atoms with Crippen molar-refractivity contribution in [2.75, 3.05) is 6.54 Å². The van der Waals surface area contributed by atoms with Gasteiger partial charge in [-0.15, -0.1) is 5.10 Å². The lowest BCUT2D eigenvalue weighted by molar-refractivity contribution is 0.0952. The minimum Gasteiger partial charge on any atom is -0.350 e. The standard InChI is InChI=1S/C18H17N7O2/c1-24-18(27)20-16(22-24)12-6-8-13(9-7-12)17(26)19-10-11-25-15-5-3-2-4-14(15)21-23-25/h2-9H,10-11H2,1H3,(H,19,26)(H,20,22,27). The average molecular weight is 363 g/mol. The summed E-state index contributed by atoms with van der Waals surface area (Å²) >= 11 is 0. The van der Waals surface area contributed by atoms with Gasteiger partial charge < -0.3 is 5.32 Å². The van der Waals surface area contributed by atoms with Crippen LogP contribution >= 0.6 is 0 Å². The second-order valence-electron chi connectivity index (χ2n) is 6.04. The van der Waals surface area contributed by atoms with Gasteiger partial charge in [0.1, 0.15) is 5.52 Å². The second-order valence-corrected chi connectivity index (χ2v) is 6.04. The Morgan fingerprint density at radius 1 is 1.15 bits per heavy atom. The first-order valence-electron chi connectivity index (χ1n) is 8.42. The van der Waals surface area contributed by atoms with Crippen molar-refractivity contribution in [2.24, 2.45) is 7.05 Å². The largest absolute Gasteiger partial charge is 0.350 e. The summed E-state index contributed by atoms with van der Waals surface area (Å²) in [4.78, 5) is 26.4. The molecule has 2 heterocycles. The third-order valence-corrected chi connectivity index (χ3v) is 4.22. The lowest BCUT2D eigenvalue weighted by Crippen LogP contribution is -2.27. The van der Waals surface area contributed by atoms with E-state index in [0.29, 0.717) is 24.5 Å². The Morgan fingerprint density at radius 3 is 2.67 bits per heavy atom. The van der Waals surface area contributed by atoms with Crippen LogP contribution in [0.15, 0.2) is 53.3 Å². The fourth-order valence-electron chi connectivity index (χ4n) is 2.77. The number of amides is 1. The lowest BCUT2D eigenvalue weighted by Gasteiger charge is -2.06. The summed E-state index contributed by atoms with van der Waals surface area (Å²) in [5.41, 5.74) is 2.73. The van der Waals surface area contributed by atoms with Crippen LogP contribution in [0.2, 0.25) is 0 Å². The molecule has 0 radical (unpaired) electrons. The highest BCUT2D eigenvalue weighted by atomic mass is 16.2. The number of aryl methyl sites for hydroxylation is 1. The van der Waals surface area contributed by atoms with Crippen molar-refractivity contribution in [3.63, 3.8) is 0 Å². The molecule has 2 aromatic heterocycles. The molecule has 9 heteroatoms. The number of nitrogens with zero attached hydrogens (tertiary/aromatic N) is 5. The Morgan fingerprint density at radius 2 is 1.93 bits per heavy atom. The van der Waals surface area contributed by atoms with Crippen LogP contribution in [0.4, 0.5) is 0 Å². The van der Waals surface area contributed by atoms with Crippen molar-refractivity contribution >= 4 is 16.9 Å². The van der Waals surface area contributed by atoms with Crippen molar-refractivity contribution in [3.05, 3.63) is 64.6 Å². The van der Waals surface area contributed by atoms with Crippen molar-refractivity contribution in [1.29, 1.82) is 0 Å². The van der Waals surface area contributed by atoms with Crippen molar-refractivity contribution in [2.45, 2.75) is 6.54 Å². The van der Waals surface area contributed by atoms with E-state index < -0.39 is 0 Å². The van der Waals surface area contributed by atoms with Gasteiger partial charge in [0.2, 0.25) is 0 Å². The molecule has 27 heavy (non-hydrogen) atoms. The summed E-state index contributed by atoms with van der Waals surface area (Å²) in [5, 5.41) is 15.1. The number of nitrogens with one attached hydrogen (secondary N) is 2. The molecule has 2 N–H and O–H groups in total. The van der Waals surface area contributed by atoms with E-state index in [1.54, 1.807) is 36.0 Å². The number of aromatic amines is 1. The van der Waals surface area contributed by atoms with Gasteiger partial charge in [-0.1, -0.05) is 29.5 Å². The minimum absolute atomic E-state index is 0.180. The number of rotatable bonds is 5. The summed E-state index contributed by atoms with van der Waals surface area (Å²) in [6, 6.07) is 14.6. The summed E-state index contributed by atoms with van der Waals surface area (Å²) in [6.45, 7) is 0.959. The molecule has 136 valence electrons. The first-order valence-corrected chi connectivity index (χ1v) is 8.42. The maximum Gasteiger partial charge on any atom is 0.343 e. The quantitative estimate of drug-likeness (QED) is 0.548. The lowest BCUT2D eigenvalue weighted by atomic mass is 10.1. The van der Waals surface area contributed by atoms with E-state index in [1.807, 2.05) is 24.3 Å². The maximum atomic E-state index is 12.3. The molecule has 0 saturated carbocycles. The molecule has 9 nitrogen and oxygen atoms in total. The predicted octanol–water partition coefficient (Wildman–Crippen LogP) is 0.950. The van der Waals surface area contributed by atoms with Crippen LogP contribution in [0, 0.1) is 0 Å². The van der Waals surface area contributed by atoms with Gasteiger partial charge in [-0.05, 0) is 24.3 Å². The summed E-state index contributed by atoms with van der Waals surface area (Å²) in [6.07, 6.45) is 0. The highest BCUT2D eigenvalue weighted by Crippen LogP contribution is 2.14. The van der Waals surface area contributed by atoms with Gasteiger partial charge in [0.25, 0.3) is 5.91 Å². The van der Waals surface area contributed by atoms with Gasteiger partial charge in [0.15, 0.2) is 5.82 Å². The minimum atomic E-state index is -0.285. The summed E-state index contributed by atoms with van der Waals surface area (Å²) < 4.78 is 2.99. The van der Waals surface area contributed by atoms with E-state index in [1.165, 1.54) is 4.68 Å². The normalized spacial score (nSPS) is 11.0. The van der Waals surface area contributed by atoms with Gasteiger partial charge in [-0.2, -0.15) is 5.10 Å². The third kappa shape index (κ3) is 3.34. The summed E-state index contributed by atoms with van der Waals surface area (Å²) in [5.74, 6) is 0.285. The molecular formula is C18H17N7O2. The Kier molecular flexibility index (Phi) is 4.25. The van der Waals surface area contributed by atoms with Crippen LogP contribution in [0.1, 0.15) is 10.4 Å². The fourth-order valence-corrected chi connectivity index (χ4v) is 2.77. The molecule has 2 aromatic carbocycles. The molecule has 0 bridgehead atoms. The Hall–Kier alpha value is -3.75. The number of benzene rings is 2. The zero-order valence-corrected chi connectivity index (χ0v) is 14.6. The van der Waals surface area contributed by atoms with Crippen LogP contribution in [0.5, 0.6) is 0 Å². The molecule has 0 aliphatic heterocycles. The highest BCUT2D eigenvalue weighted by Gasteiger charge is 2.09. The van der Waals surface area contributed by atoms with Crippen molar-refractivity contribution < 1.29 is 4.79 Å². The van der Waals surface area contributed by atoms with Gasteiger partial charge in [0, 0.05) is 24.7 Å². The Labute approximate surface area is 153 Å². The third-order valence-electron chi connectivity index (χ3n) is 4.22. The van der Waals surface area contributed by atoms with Gasteiger partial charge in [0.05, 0.1) is 12.1 Å². The molecule has 0 aliphatic rings. The van der Waals surface area contributed by atoms with Crippen molar-refractivity contribution in [1.82, 2.24) is 35.1 Å². The number of carbonyl (C=O) groups excluding carboxylic acids is 1. The molecule has 0 saturated heterocycles. The maximum absolute atomic E-state index is 12.3. The van der Waals surface area contributed by atoms with E-state index >= 15 is 0 Å². The van der Waals surface area contributed by atoms with E-state index in [2.05, 4.69) is 25.7 Å². The summed E-state index contributed by atoms with van der Waals surface area (Å²) in [7, 11) is 1.57. The number of hydrogen-bond donors (Lipinski definition) is 2. The SMILES string of the molecule is Cn1nc(-c2ccc(C(=O)NCCn3nnc4ccccc43)cc2)[nH]c1=O. The molecule has 0 fully saturated rings. The average Bonchev–Trinajstić information content (AvgIpc) is 3.25. The number of hydrogen-bond acceptors (Lipinski definition) is 5. The Bertz CT molecular complexity index is 1150. The number of fused-ring (bicyclic) bond motifs is 1. The van der Waals surface area contributed by atoms with Crippen LogP contribution in [-0.4, -0.2) is 42.2 Å². The van der Waals surface area contributed by atoms with Crippen LogP contribution in [-0.2, 0) is 13.6 Å². The van der Waals surface area contributed by atoms with E-state index in [4.69, 9.17) is 0 Å². The first kappa shape index (κ1) is 16.7. The second kappa shape index (κ2) is 6.87. The fraction of sp³-hybridized carbons (Fsp3) is 0.167. The molecule has 0 atom stereocenters. The zero-order chi connectivity index (χ0) is 18.8. The molecule has 0 aliphatic carbocycles. The molecule has 4 rings (SSSR count). The molecule has 0 spiro atoms. The van der Waals surface area contributed by atoms with E-state index in [-0.39, 0.29) is 11.6 Å². The number of H-pyrrole nitrogens is 1. The molecule has 4 aromatic rings. The Balaban J connectivity index is 1.39. The van der Waals surface area contributed by atoms with Crippen LogP contribution in [0.3, 0.4) is 0 Å². The van der Waals surface area contributed by atoms with Gasteiger partial charge in [-0.3, -0.25) is 9.78 Å². The monoisotopic (exact) mass is 363 g/mol. The highest BCUT2D eigenvalue weighted by molar-refractivity contribution is 5.94. The number of carbonyl (C=O) groups is 1. The van der Waals surface area contributed by atoms with Gasteiger partial charge >= 0.3 is 5.69 Å². The predicted molar refractivity (Wildman–Crippen MR) is 99.1 cm³/mol. The number of aromatic nitrogens is 6. The van der Waals surface area contributed by atoms with E-state index in [0.717, 1.165) is 16.6 Å². The van der Waals surface area contributed by atoms with Gasteiger partial charge in [-0.25, -0.2) is 14.2 Å². The molecule has 0 unspecified atom stereocenters. The molecular weight excluding hydrogens is 346 g/mol. The molecule has 1 amide bonds. The van der Waals surface area contributed by atoms with Crippen LogP contribution < -0.4 is 11.0 Å². The number of para-hydroxylation sites is 1. The topological polar surface area (TPSA) is 110 Å².